The zero-order valence-corrected chi connectivity index (χ0v) is 6.79. The van der Waals surface area contributed by atoms with Gasteiger partial charge in [0, 0.05) is 0 Å². The van der Waals surface area contributed by atoms with Crippen LogP contribution >= 0.6 is 0 Å². The van der Waals surface area contributed by atoms with E-state index in [1.54, 1.807) is 0 Å². The van der Waals surface area contributed by atoms with E-state index >= 15 is 0 Å². The van der Waals surface area contributed by atoms with E-state index < -0.39 is 12.0 Å². The van der Waals surface area contributed by atoms with Gasteiger partial charge in [-0.3, -0.25) is 4.79 Å². The monoisotopic (exact) mass is 160 g/mol. The van der Waals surface area contributed by atoms with Crippen LogP contribution in [0.2, 0.25) is 0 Å². The van der Waals surface area contributed by atoms with Gasteiger partial charge in [-0.05, 0) is 25.3 Å². The molecule has 0 aromatic carbocycles. The number of aliphatic carboxylic acids is 1. The van der Waals surface area contributed by atoms with E-state index in [1.165, 1.54) is 0 Å². The molecule has 4 heteroatoms. The minimum Gasteiger partial charge on any atom is -0.480 e. The molecular formula is C7H16N2O2. The van der Waals surface area contributed by atoms with Crippen LogP contribution in [0.25, 0.3) is 0 Å². The second kappa shape index (κ2) is 5.09. The van der Waals surface area contributed by atoms with Gasteiger partial charge in [-0.1, -0.05) is 6.92 Å². The Balaban J connectivity index is 3.56. The molecule has 2 atom stereocenters. The van der Waals surface area contributed by atoms with Crippen LogP contribution in [0.3, 0.4) is 0 Å². The molecule has 0 aliphatic heterocycles. The van der Waals surface area contributed by atoms with Crippen molar-refractivity contribution >= 4 is 5.97 Å². The van der Waals surface area contributed by atoms with Crippen LogP contribution in [0.1, 0.15) is 19.8 Å². The molecule has 11 heavy (non-hydrogen) atoms. The lowest BCUT2D eigenvalue weighted by molar-refractivity contribution is -0.138. The SMILES string of the molecule is CC(CCN)C[C@@H](N)C(=O)O. The first-order chi connectivity index (χ1) is 5.07. The molecule has 0 saturated heterocycles. The smallest absolute Gasteiger partial charge is 0.320 e. The fraction of sp³-hybridized carbons (Fsp3) is 0.857. The summed E-state index contributed by atoms with van der Waals surface area (Å²) in [6.07, 6.45) is 1.34. The normalized spacial score (nSPS) is 15.9. The van der Waals surface area contributed by atoms with E-state index in [4.69, 9.17) is 16.6 Å². The van der Waals surface area contributed by atoms with Crippen molar-refractivity contribution in [1.29, 1.82) is 0 Å². The topological polar surface area (TPSA) is 89.3 Å². The second-order valence-electron chi connectivity index (χ2n) is 2.86. The first kappa shape index (κ1) is 10.4. The van der Waals surface area contributed by atoms with E-state index in [1.807, 2.05) is 6.92 Å². The van der Waals surface area contributed by atoms with E-state index in [0.717, 1.165) is 6.42 Å². The average molecular weight is 160 g/mol. The number of carboxylic acid groups (broad SMARTS) is 1. The van der Waals surface area contributed by atoms with Gasteiger partial charge < -0.3 is 16.6 Å². The summed E-state index contributed by atoms with van der Waals surface area (Å²) in [7, 11) is 0. The Labute approximate surface area is 66.6 Å². The highest BCUT2D eigenvalue weighted by atomic mass is 16.4. The van der Waals surface area contributed by atoms with Crippen LogP contribution < -0.4 is 11.5 Å². The summed E-state index contributed by atoms with van der Waals surface area (Å²) < 4.78 is 0. The highest BCUT2D eigenvalue weighted by molar-refractivity contribution is 5.72. The van der Waals surface area contributed by atoms with Gasteiger partial charge in [-0.2, -0.15) is 0 Å². The van der Waals surface area contributed by atoms with E-state index in [-0.39, 0.29) is 0 Å². The summed E-state index contributed by atoms with van der Waals surface area (Å²) in [5.41, 5.74) is 10.6. The summed E-state index contributed by atoms with van der Waals surface area (Å²) in [4.78, 5) is 10.3. The number of hydrogen-bond acceptors (Lipinski definition) is 3. The Morgan fingerprint density at radius 1 is 1.64 bits per heavy atom. The van der Waals surface area contributed by atoms with Gasteiger partial charge in [0.1, 0.15) is 6.04 Å². The van der Waals surface area contributed by atoms with Crippen LogP contribution in [-0.4, -0.2) is 23.7 Å². The Morgan fingerprint density at radius 3 is 2.55 bits per heavy atom. The van der Waals surface area contributed by atoms with E-state index in [0.29, 0.717) is 18.9 Å². The molecular weight excluding hydrogens is 144 g/mol. The van der Waals surface area contributed by atoms with Crippen molar-refractivity contribution in [2.75, 3.05) is 6.54 Å². The molecule has 66 valence electrons. The largest absolute Gasteiger partial charge is 0.480 e. The molecule has 0 heterocycles. The van der Waals surface area contributed by atoms with Crippen molar-refractivity contribution in [2.24, 2.45) is 17.4 Å². The van der Waals surface area contributed by atoms with Gasteiger partial charge >= 0.3 is 5.97 Å². The number of nitrogens with two attached hydrogens (primary N) is 2. The van der Waals surface area contributed by atoms with Gasteiger partial charge in [0.25, 0.3) is 0 Å². The summed E-state index contributed by atoms with van der Waals surface area (Å²) in [5.74, 6) is -0.639. The third-order valence-electron chi connectivity index (χ3n) is 1.63. The van der Waals surface area contributed by atoms with E-state index in [9.17, 15) is 4.79 Å². The first-order valence-corrected chi connectivity index (χ1v) is 3.76. The molecule has 1 unspecified atom stereocenters. The highest BCUT2D eigenvalue weighted by Gasteiger charge is 2.14. The predicted octanol–water partition coefficient (Wildman–Crippen LogP) is -0.227. The maximum Gasteiger partial charge on any atom is 0.320 e. The number of rotatable bonds is 5. The molecule has 0 aromatic heterocycles. The Kier molecular flexibility index (Phi) is 4.81. The standard InChI is InChI=1S/C7H16N2O2/c1-5(2-3-8)4-6(9)7(10)11/h5-6H,2-4,8-9H2,1H3,(H,10,11)/t5?,6-/m1/s1. The van der Waals surface area contributed by atoms with Crippen LogP contribution in [0, 0.1) is 5.92 Å². The Hall–Kier alpha value is -0.610. The number of hydrogen-bond donors (Lipinski definition) is 3. The zero-order valence-electron chi connectivity index (χ0n) is 6.79. The van der Waals surface area contributed by atoms with Crippen LogP contribution in [0.15, 0.2) is 0 Å². The number of carboxylic acids is 1. The van der Waals surface area contributed by atoms with Gasteiger partial charge in [-0.15, -0.1) is 0 Å². The summed E-state index contributed by atoms with van der Waals surface area (Å²) >= 11 is 0. The van der Waals surface area contributed by atoms with Crippen molar-refractivity contribution in [3.8, 4) is 0 Å². The minimum atomic E-state index is -0.936. The summed E-state index contributed by atoms with van der Waals surface area (Å²) in [6, 6.07) is -0.739. The summed E-state index contributed by atoms with van der Waals surface area (Å²) in [6.45, 7) is 2.54. The lowest BCUT2D eigenvalue weighted by Gasteiger charge is -2.12. The minimum absolute atomic E-state index is 0.297. The lowest BCUT2D eigenvalue weighted by Crippen LogP contribution is -2.32. The molecule has 0 fully saturated rings. The molecule has 0 aromatic rings. The molecule has 0 aliphatic carbocycles. The quantitative estimate of drug-likeness (QED) is 0.518. The van der Waals surface area contributed by atoms with Gasteiger partial charge in [0.05, 0.1) is 0 Å². The van der Waals surface area contributed by atoms with Gasteiger partial charge in [0.15, 0.2) is 0 Å². The maximum atomic E-state index is 10.3. The van der Waals surface area contributed by atoms with Crippen molar-refractivity contribution in [1.82, 2.24) is 0 Å². The highest BCUT2D eigenvalue weighted by Crippen LogP contribution is 2.07. The molecule has 0 bridgehead atoms. The summed E-state index contributed by atoms with van der Waals surface area (Å²) in [5, 5.41) is 8.44. The van der Waals surface area contributed by atoms with Gasteiger partial charge in [0.2, 0.25) is 0 Å². The van der Waals surface area contributed by atoms with Crippen molar-refractivity contribution < 1.29 is 9.90 Å². The van der Waals surface area contributed by atoms with Crippen molar-refractivity contribution in [3.63, 3.8) is 0 Å². The van der Waals surface area contributed by atoms with Crippen molar-refractivity contribution in [3.05, 3.63) is 0 Å². The Bertz CT molecular complexity index is 128. The third-order valence-corrected chi connectivity index (χ3v) is 1.63. The molecule has 0 rings (SSSR count). The first-order valence-electron chi connectivity index (χ1n) is 3.76. The third kappa shape index (κ3) is 4.75. The van der Waals surface area contributed by atoms with Crippen LogP contribution in [0.4, 0.5) is 0 Å². The molecule has 5 N–H and O–H groups in total. The molecule has 0 amide bonds. The second-order valence-corrected chi connectivity index (χ2v) is 2.86. The van der Waals surface area contributed by atoms with E-state index in [2.05, 4.69) is 0 Å². The number of carbonyl (C=O) groups is 1. The Morgan fingerprint density at radius 2 is 2.18 bits per heavy atom. The molecule has 0 aliphatic rings. The zero-order chi connectivity index (χ0) is 8.85. The fourth-order valence-corrected chi connectivity index (χ4v) is 0.937. The van der Waals surface area contributed by atoms with Gasteiger partial charge in [-0.25, -0.2) is 0 Å². The molecule has 0 spiro atoms. The lowest BCUT2D eigenvalue weighted by atomic mass is 9.99. The molecule has 4 nitrogen and oxygen atoms in total. The maximum absolute atomic E-state index is 10.3. The fourth-order valence-electron chi connectivity index (χ4n) is 0.937. The van der Waals surface area contributed by atoms with Crippen molar-refractivity contribution in [2.45, 2.75) is 25.8 Å². The average Bonchev–Trinajstić information content (AvgIpc) is 1.87. The predicted molar refractivity (Wildman–Crippen MR) is 43.1 cm³/mol. The molecule has 0 radical (unpaired) electrons. The van der Waals surface area contributed by atoms with Crippen LogP contribution in [-0.2, 0) is 4.79 Å². The molecule has 0 saturated carbocycles. The van der Waals surface area contributed by atoms with Crippen LogP contribution in [0.5, 0.6) is 0 Å².